The van der Waals surface area contributed by atoms with Crippen LogP contribution >= 0.6 is 0 Å². The van der Waals surface area contributed by atoms with Crippen molar-refractivity contribution >= 4 is 17.4 Å². The van der Waals surface area contributed by atoms with Crippen molar-refractivity contribution in [3.63, 3.8) is 0 Å². The van der Waals surface area contributed by atoms with Crippen LogP contribution in [0.2, 0.25) is 0 Å². The van der Waals surface area contributed by atoms with Gasteiger partial charge in [0.1, 0.15) is 5.84 Å². The number of nitrogens with two attached hydrogens (primary N) is 1. The van der Waals surface area contributed by atoms with Gasteiger partial charge in [0.05, 0.1) is 0 Å². The maximum Gasteiger partial charge on any atom is 0.255 e. The van der Waals surface area contributed by atoms with Gasteiger partial charge in [0, 0.05) is 30.1 Å². The Balaban J connectivity index is 2.02. The molecule has 1 aromatic carbocycles. The molecule has 0 aliphatic rings. The van der Waals surface area contributed by atoms with Crippen molar-refractivity contribution in [3.8, 4) is 0 Å². The van der Waals surface area contributed by atoms with Gasteiger partial charge in [-0.3, -0.25) is 9.78 Å². The van der Waals surface area contributed by atoms with Crippen LogP contribution in [-0.2, 0) is 6.42 Å². The highest BCUT2D eigenvalue weighted by atomic mass is 16.4. The lowest BCUT2D eigenvalue weighted by atomic mass is 10.1. The first-order chi connectivity index (χ1) is 9.69. The number of nitrogens with one attached hydrogen (secondary N) is 1. The highest BCUT2D eigenvalue weighted by molar-refractivity contribution is 6.04. The second kappa shape index (κ2) is 6.33. The number of anilines is 1. The molecule has 0 atom stereocenters. The summed E-state index contributed by atoms with van der Waals surface area (Å²) in [5.74, 6) is -0.0600. The SMILES string of the molecule is NC(Cc1ccc(NC(=O)c2ccncc2)cc1)=NO. The lowest BCUT2D eigenvalue weighted by Crippen LogP contribution is -2.15. The van der Waals surface area contributed by atoms with Gasteiger partial charge in [0.25, 0.3) is 5.91 Å². The Morgan fingerprint density at radius 3 is 2.45 bits per heavy atom. The highest BCUT2D eigenvalue weighted by Crippen LogP contribution is 2.11. The van der Waals surface area contributed by atoms with Crippen molar-refractivity contribution in [2.75, 3.05) is 5.32 Å². The Morgan fingerprint density at radius 1 is 1.20 bits per heavy atom. The van der Waals surface area contributed by atoms with Crippen LogP contribution in [0.4, 0.5) is 5.69 Å². The molecule has 20 heavy (non-hydrogen) atoms. The molecule has 0 unspecified atom stereocenters. The molecule has 6 heteroatoms. The van der Waals surface area contributed by atoms with E-state index in [0.29, 0.717) is 17.7 Å². The Hall–Kier alpha value is -2.89. The summed E-state index contributed by atoms with van der Waals surface area (Å²) in [6, 6.07) is 10.4. The summed E-state index contributed by atoms with van der Waals surface area (Å²) >= 11 is 0. The molecule has 0 fully saturated rings. The summed E-state index contributed by atoms with van der Waals surface area (Å²) in [7, 11) is 0. The van der Waals surface area contributed by atoms with E-state index in [2.05, 4.69) is 15.5 Å². The molecule has 0 saturated carbocycles. The van der Waals surface area contributed by atoms with Crippen molar-refractivity contribution < 1.29 is 10.0 Å². The first-order valence-corrected chi connectivity index (χ1v) is 5.96. The highest BCUT2D eigenvalue weighted by Gasteiger charge is 2.05. The summed E-state index contributed by atoms with van der Waals surface area (Å²) < 4.78 is 0. The first kappa shape index (κ1) is 13.5. The summed E-state index contributed by atoms with van der Waals surface area (Å²) in [6.07, 6.45) is 3.49. The smallest absolute Gasteiger partial charge is 0.255 e. The molecule has 1 heterocycles. The number of aromatic nitrogens is 1. The van der Waals surface area contributed by atoms with Gasteiger partial charge in [-0.05, 0) is 29.8 Å². The molecule has 102 valence electrons. The number of pyridine rings is 1. The van der Waals surface area contributed by atoms with E-state index in [1.807, 2.05) is 0 Å². The number of oxime groups is 1. The predicted octanol–water partition coefficient (Wildman–Crippen LogP) is 1.62. The number of carbonyl (C=O) groups is 1. The topological polar surface area (TPSA) is 101 Å². The molecule has 0 spiro atoms. The third kappa shape index (κ3) is 3.55. The normalized spacial score (nSPS) is 11.1. The summed E-state index contributed by atoms with van der Waals surface area (Å²) in [6.45, 7) is 0. The van der Waals surface area contributed by atoms with Gasteiger partial charge < -0.3 is 16.3 Å². The fourth-order valence-corrected chi connectivity index (χ4v) is 1.66. The number of rotatable bonds is 4. The van der Waals surface area contributed by atoms with E-state index in [-0.39, 0.29) is 11.7 Å². The average Bonchev–Trinajstić information content (AvgIpc) is 2.50. The van der Waals surface area contributed by atoms with E-state index in [4.69, 9.17) is 10.9 Å². The summed E-state index contributed by atoms with van der Waals surface area (Å²) in [4.78, 5) is 15.8. The number of amides is 1. The van der Waals surface area contributed by atoms with Gasteiger partial charge in [-0.25, -0.2) is 0 Å². The van der Waals surface area contributed by atoms with Crippen LogP contribution < -0.4 is 11.1 Å². The minimum absolute atomic E-state index is 0.138. The van der Waals surface area contributed by atoms with Crippen molar-refractivity contribution in [2.24, 2.45) is 10.9 Å². The third-order valence-electron chi connectivity index (χ3n) is 2.67. The van der Waals surface area contributed by atoms with E-state index in [0.717, 1.165) is 5.56 Å². The second-order valence-corrected chi connectivity index (χ2v) is 4.16. The zero-order valence-corrected chi connectivity index (χ0v) is 10.7. The number of hydrogen-bond acceptors (Lipinski definition) is 4. The van der Waals surface area contributed by atoms with Crippen LogP contribution in [0.1, 0.15) is 15.9 Å². The zero-order chi connectivity index (χ0) is 14.4. The standard InChI is InChI=1S/C14H14N4O2/c15-13(18-20)9-10-1-3-12(4-2-10)17-14(19)11-5-7-16-8-6-11/h1-8,20H,9H2,(H2,15,18)(H,17,19). The molecular weight excluding hydrogens is 256 g/mol. The molecular formula is C14H14N4O2. The molecule has 6 nitrogen and oxygen atoms in total. The first-order valence-electron chi connectivity index (χ1n) is 5.96. The molecule has 0 saturated heterocycles. The lowest BCUT2D eigenvalue weighted by Gasteiger charge is -2.06. The Bertz CT molecular complexity index is 609. The molecule has 1 aromatic heterocycles. The van der Waals surface area contributed by atoms with E-state index in [1.54, 1.807) is 48.8 Å². The van der Waals surface area contributed by atoms with Gasteiger partial charge in [0.2, 0.25) is 0 Å². The fourth-order valence-electron chi connectivity index (χ4n) is 1.66. The lowest BCUT2D eigenvalue weighted by molar-refractivity contribution is 0.102. The molecule has 1 amide bonds. The quantitative estimate of drug-likeness (QED) is 0.340. The van der Waals surface area contributed by atoms with Crippen LogP contribution in [-0.4, -0.2) is 21.9 Å². The molecule has 2 aromatic rings. The molecule has 0 aliphatic carbocycles. The summed E-state index contributed by atoms with van der Waals surface area (Å²) in [5, 5.41) is 14.2. The maximum atomic E-state index is 11.9. The zero-order valence-electron chi connectivity index (χ0n) is 10.7. The Kier molecular flexibility index (Phi) is 4.28. The average molecular weight is 270 g/mol. The van der Waals surface area contributed by atoms with E-state index in [9.17, 15) is 4.79 Å². The minimum Gasteiger partial charge on any atom is -0.409 e. The fraction of sp³-hybridized carbons (Fsp3) is 0.0714. The van der Waals surface area contributed by atoms with E-state index in [1.165, 1.54) is 0 Å². The van der Waals surface area contributed by atoms with Crippen LogP contribution in [0.25, 0.3) is 0 Å². The maximum absolute atomic E-state index is 11.9. The van der Waals surface area contributed by atoms with Gasteiger partial charge in [-0.2, -0.15) is 0 Å². The van der Waals surface area contributed by atoms with Gasteiger partial charge in [-0.1, -0.05) is 17.3 Å². The minimum atomic E-state index is -0.198. The van der Waals surface area contributed by atoms with Crippen LogP contribution in [0.15, 0.2) is 53.9 Å². The van der Waals surface area contributed by atoms with Crippen LogP contribution in [0.5, 0.6) is 0 Å². The van der Waals surface area contributed by atoms with Crippen molar-refractivity contribution in [1.29, 1.82) is 0 Å². The number of hydrogen-bond donors (Lipinski definition) is 3. The largest absolute Gasteiger partial charge is 0.409 e. The van der Waals surface area contributed by atoms with E-state index < -0.39 is 0 Å². The second-order valence-electron chi connectivity index (χ2n) is 4.16. The Labute approximate surface area is 115 Å². The van der Waals surface area contributed by atoms with Crippen molar-refractivity contribution in [3.05, 3.63) is 59.9 Å². The number of amidine groups is 1. The number of benzene rings is 1. The van der Waals surface area contributed by atoms with Gasteiger partial charge in [0.15, 0.2) is 0 Å². The third-order valence-corrected chi connectivity index (χ3v) is 2.67. The van der Waals surface area contributed by atoms with Gasteiger partial charge >= 0.3 is 0 Å². The van der Waals surface area contributed by atoms with Crippen LogP contribution in [0.3, 0.4) is 0 Å². The van der Waals surface area contributed by atoms with Crippen molar-refractivity contribution in [1.82, 2.24) is 4.98 Å². The van der Waals surface area contributed by atoms with Crippen LogP contribution in [0, 0.1) is 0 Å². The Morgan fingerprint density at radius 2 is 1.85 bits per heavy atom. The van der Waals surface area contributed by atoms with Gasteiger partial charge in [-0.15, -0.1) is 0 Å². The molecule has 4 N–H and O–H groups in total. The number of carbonyl (C=O) groups excluding carboxylic acids is 1. The van der Waals surface area contributed by atoms with E-state index >= 15 is 0 Å². The van der Waals surface area contributed by atoms with Crippen molar-refractivity contribution in [2.45, 2.75) is 6.42 Å². The molecule has 0 radical (unpaired) electrons. The monoisotopic (exact) mass is 270 g/mol. The predicted molar refractivity (Wildman–Crippen MR) is 75.7 cm³/mol. The summed E-state index contributed by atoms with van der Waals surface area (Å²) in [5.41, 5.74) is 7.53. The molecule has 0 aliphatic heterocycles. The molecule has 0 bridgehead atoms. The number of nitrogens with zero attached hydrogens (tertiary/aromatic N) is 2. The molecule has 2 rings (SSSR count).